The molecule has 1 unspecified atom stereocenters. The van der Waals surface area contributed by atoms with Crippen LogP contribution in [0, 0.1) is 5.92 Å². The molecule has 1 saturated carbocycles. The van der Waals surface area contributed by atoms with Gasteiger partial charge in [0.05, 0.1) is 18.9 Å². The van der Waals surface area contributed by atoms with E-state index in [1.807, 2.05) is 33.0 Å². The molecule has 3 rings (SSSR count). The van der Waals surface area contributed by atoms with Gasteiger partial charge in [-0.2, -0.15) is 0 Å². The molecule has 0 spiro atoms. The van der Waals surface area contributed by atoms with Crippen molar-refractivity contribution in [2.24, 2.45) is 5.92 Å². The zero-order valence-electron chi connectivity index (χ0n) is 15.2. The van der Waals surface area contributed by atoms with Crippen molar-refractivity contribution in [2.75, 3.05) is 19.8 Å². The van der Waals surface area contributed by atoms with Crippen LogP contribution in [-0.4, -0.2) is 47.4 Å². The Morgan fingerprint density at radius 1 is 1.40 bits per heavy atom. The molecule has 2 fully saturated rings. The molecule has 1 amide bonds. The Balaban J connectivity index is 1.50. The molecule has 6 heteroatoms. The molecule has 1 saturated heterocycles. The van der Waals surface area contributed by atoms with Gasteiger partial charge in [-0.1, -0.05) is 0 Å². The number of carbonyl (C=O) groups excluding carboxylic acids is 1. The van der Waals surface area contributed by atoms with Crippen molar-refractivity contribution in [1.29, 1.82) is 0 Å². The van der Waals surface area contributed by atoms with Crippen molar-refractivity contribution in [3.05, 3.63) is 24.0 Å². The quantitative estimate of drug-likeness (QED) is 0.780. The smallest absolute Gasteiger partial charge is 0.410 e. The summed E-state index contributed by atoms with van der Waals surface area (Å²) in [5.74, 6) is 1.56. The second-order valence-corrected chi connectivity index (χ2v) is 7.96. The Kier molecular flexibility index (Phi) is 5.16. The van der Waals surface area contributed by atoms with Crippen LogP contribution in [-0.2, 0) is 4.74 Å². The van der Waals surface area contributed by atoms with Crippen LogP contribution in [0.4, 0.5) is 9.18 Å². The number of hydrogen-bond donors (Lipinski definition) is 0. The third-order valence-electron chi connectivity index (χ3n) is 4.78. The normalized spacial score (nSPS) is 25.3. The molecule has 5 nitrogen and oxygen atoms in total. The summed E-state index contributed by atoms with van der Waals surface area (Å²) in [6.07, 6.45) is 5.81. The minimum absolute atomic E-state index is 0.0405. The van der Waals surface area contributed by atoms with Crippen molar-refractivity contribution in [3.8, 4) is 5.75 Å². The Bertz CT molecular complexity index is 617. The lowest BCUT2D eigenvalue weighted by molar-refractivity contribution is -0.0141. The van der Waals surface area contributed by atoms with Crippen molar-refractivity contribution >= 4 is 6.09 Å². The van der Waals surface area contributed by atoms with E-state index in [2.05, 4.69) is 4.98 Å². The van der Waals surface area contributed by atoms with E-state index in [0.29, 0.717) is 37.2 Å². The predicted molar refractivity (Wildman–Crippen MR) is 92.5 cm³/mol. The largest absolute Gasteiger partial charge is 0.490 e. The molecule has 2 aliphatic rings. The number of halogens is 1. The Morgan fingerprint density at radius 2 is 2.20 bits per heavy atom. The van der Waals surface area contributed by atoms with Gasteiger partial charge in [-0.15, -0.1) is 0 Å². The maximum Gasteiger partial charge on any atom is 0.410 e. The van der Waals surface area contributed by atoms with Crippen molar-refractivity contribution in [3.63, 3.8) is 0 Å². The first-order valence-electron chi connectivity index (χ1n) is 9.00. The fraction of sp³-hybridized carbons (Fsp3) is 0.684. The first-order valence-corrected chi connectivity index (χ1v) is 9.00. The van der Waals surface area contributed by atoms with Crippen molar-refractivity contribution in [1.82, 2.24) is 9.88 Å². The van der Waals surface area contributed by atoms with Crippen LogP contribution >= 0.6 is 0 Å². The Hall–Kier alpha value is -1.85. The fourth-order valence-electron chi connectivity index (χ4n) is 3.20. The summed E-state index contributed by atoms with van der Waals surface area (Å²) in [6, 6.07) is 2.03. The van der Waals surface area contributed by atoms with E-state index in [1.54, 1.807) is 11.1 Å². The maximum absolute atomic E-state index is 12.4. The van der Waals surface area contributed by atoms with E-state index in [9.17, 15) is 9.18 Å². The van der Waals surface area contributed by atoms with Crippen LogP contribution in [0.3, 0.4) is 0 Å². The van der Waals surface area contributed by atoms with Crippen molar-refractivity contribution < 1.29 is 18.7 Å². The van der Waals surface area contributed by atoms with Crippen molar-refractivity contribution in [2.45, 2.75) is 57.6 Å². The highest BCUT2D eigenvalue weighted by atomic mass is 19.1. The topological polar surface area (TPSA) is 51.7 Å². The van der Waals surface area contributed by atoms with Gasteiger partial charge in [-0.25, -0.2) is 4.79 Å². The zero-order chi connectivity index (χ0) is 18.0. The molecule has 0 aromatic carbocycles. The monoisotopic (exact) mass is 350 g/mol. The molecular formula is C19H27FN2O3. The molecule has 1 aromatic heterocycles. The van der Waals surface area contributed by atoms with Crippen LogP contribution in [0.1, 0.15) is 51.5 Å². The van der Waals surface area contributed by atoms with E-state index in [0.717, 1.165) is 18.4 Å². The molecule has 0 radical (unpaired) electrons. The highest BCUT2D eigenvalue weighted by Gasteiger charge is 2.38. The summed E-state index contributed by atoms with van der Waals surface area (Å²) < 4.78 is 23.7. The number of pyridine rings is 1. The maximum atomic E-state index is 12.4. The van der Waals surface area contributed by atoms with Crippen LogP contribution < -0.4 is 4.74 Å². The number of nitrogens with zero attached hydrogens (tertiary/aromatic N) is 2. The number of carbonyl (C=O) groups is 1. The standard InChI is InChI=1S/C19H27FN2O3/c1-19(2,3)25-18(23)22-7-5-15(22)12-24-16-8-14(10-21-11-16)17-9-13(17)4-6-20/h8,10-11,13,15,17H,4-7,9,12H2,1-3H3/t13-,15-,17?/m0/s1. The van der Waals surface area contributed by atoms with Gasteiger partial charge >= 0.3 is 6.09 Å². The number of ether oxygens (including phenoxy) is 2. The summed E-state index contributed by atoms with van der Waals surface area (Å²) in [5.41, 5.74) is 0.630. The van der Waals surface area contributed by atoms with Crippen LogP contribution in [0.25, 0.3) is 0 Å². The molecule has 25 heavy (non-hydrogen) atoms. The lowest BCUT2D eigenvalue weighted by Crippen LogP contribution is -2.55. The average Bonchev–Trinajstić information content (AvgIpc) is 3.24. The first-order chi connectivity index (χ1) is 11.9. The lowest BCUT2D eigenvalue weighted by Gasteiger charge is -2.40. The lowest BCUT2D eigenvalue weighted by atomic mass is 10.1. The van der Waals surface area contributed by atoms with Gasteiger partial charge in [0.15, 0.2) is 0 Å². The Labute approximate surface area is 148 Å². The molecule has 1 aliphatic heterocycles. The van der Waals surface area contributed by atoms with Gasteiger partial charge in [-0.3, -0.25) is 9.37 Å². The first kappa shape index (κ1) is 18.0. The van der Waals surface area contributed by atoms with Crippen LogP contribution in [0.2, 0.25) is 0 Å². The number of rotatable bonds is 6. The van der Waals surface area contributed by atoms with Gasteiger partial charge in [0, 0.05) is 12.7 Å². The number of amides is 1. The Morgan fingerprint density at radius 3 is 2.84 bits per heavy atom. The van der Waals surface area contributed by atoms with Gasteiger partial charge in [0.2, 0.25) is 0 Å². The minimum Gasteiger partial charge on any atom is -0.490 e. The van der Waals surface area contributed by atoms with Gasteiger partial charge in [0.25, 0.3) is 0 Å². The number of hydrogen-bond acceptors (Lipinski definition) is 4. The molecular weight excluding hydrogens is 323 g/mol. The summed E-state index contributed by atoms with van der Waals surface area (Å²) in [7, 11) is 0. The molecule has 3 atom stereocenters. The zero-order valence-corrected chi connectivity index (χ0v) is 15.2. The number of aromatic nitrogens is 1. The minimum atomic E-state index is -0.489. The highest BCUT2D eigenvalue weighted by molar-refractivity contribution is 5.69. The SMILES string of the molecule is CC(C)(C)OC(=O)N1CC[C@H]1COc1cncc(C2C[C@@H]2CCF)c1. The molecule has 1 aliphatic carbocycles. The van der Waals surface area contributed by atoms with E-state index in [1.165, 1.54) is 0 Å². The summed E-state index contributed by atoms with van der Waals surface area (Å²) in [4.78, 5) is 18.1. The van der Waals surface area contributed by atoms with Gasteiger partial charge < -0.3 is 14.4 Å². The molecule has 0 bridgehead atoms. The second kappa shape index (κ2) is 7.18. The number of alkyl halides is 1. The average molecular weight is 350 g/mol. The summed E-state index contributed by atoms with van der Waals surface area (Å²) in [6.45, 7) is 6.47. The van der Waals surface area contributed by atoms with E-state index >= 15 is 0 Å². The third kappa shape index (κ3) is 4.61. The highest BCUT2D eigenvalue weighted by Crippen LogP contribution is 2.49. The van der Waals surface area contributed by atoms with E-state index in [-0.39, 0.29) is 18.8 Å². The van der Waals surface area contributed by atoms with E-state index in [4.69, 9.17) is 9.47 Å². The molecule has 1 aromatic rings. The fourth-order valence-corrected chi connectivity index (χ4v) is 3.20. The second-order valence-electron chi connectivity index (χ2n) is 7.96. The van der Waals surface area contributed by atoms with Crippen LogP contribution in [0.15, 0.2) is 18.5 Å². The van der Waals surface area contributed by atoms with Crippen LogP contribution in [0.5, 0.6) is 5.75 Å². The predicted octanol–water partition coefficient (Wildman–Crippen LogP) is 3.93. The van der Waals surface area contributed by atoms with Gasteiger partial charge in [0.1, 0.15) is 18.0 Å². The number of likely N-dealkylation sites (tertiary alicyclic amines) is 1. The molecule has 138 valence electrons. The third-order valence-corrected chi connectivity index (χ3v) is 4.78. The molecule has 2 heterocycles. The van der Waals surface area contributed by atoms with E-state index < -0.39 is 5.60 Å². The summed E-state index contributed by atoms with van der Waals surface area (Å²) in [5, 5.41) is 0. The summed E-state index contributed by atoms with van der Waals surface area (Å²) >= 11 is 0. The van der Waals surface area contributed by atoms with Gasteiger partial charge in [-0.05, 0) is 63.5 Å². The molecule has 0 N–H and O–H groups in total.